The highest BCUT2D eigenvalue weighted by atomic mass is 16.6. The van der Waals surface area contributed by atoms with Gasteiger partial charge in [0.2, 0.25) is 0 Å². The molecule has 0 saturated heterocycles. The van der Waals surface area contributed by atoms with Crippen molar-refractivity contribution >= 4 is 5.97 Å². The molecule has 4 saturated carbocycles. The lowest BCUT2D eigenvalue weighted by molar-refractivity contribution is -0.174. The molecule has 2 bridgehead atoms. The van der Waals surface area contributed by atoms with E-state index in [4.69, 9.17) is 4.74 Å². The third-order valence-corrected chi connectivity index (χ3v) is 7.68. The zero-order chi connectivity index (χ0) is 16.0. The van der Waals surface area contributed by atoms with Crippen LogP contribution in [0, 0.1) is 29.6 Å². The number of carbonyl (C=O) groups is 1. The number of hydrogen-bond acceptors (Lipinski definition) is 2. The Hall–Kier alpha value is -0.790. The summed E-state index contributed by atoms with van der Waals surface area (Å²) < 4.78 is 6.38. The van der Waals surface area contributed by atoms with E-state index in [0.717, 1.165) is 24.2 Å². The molecule has 5 unspecified atom stereocenters. The maximum absolute atomic E-state index is 12.5. The van der Waals surface area contributed by atoms with Gasteiger partial charge >= 0.3 is 5.97 Å². The van der Waals surface area contributed by atoms with E-state index in [2.05, 4.69) is 6.58 Å². The molecular weight excluding hydrogens is 284 g/mol. The van der Waals surface area contributed by atoms with Crippen molar-refractivity contribution in [3.05, 3.63) is 12.2 Å². The van der Waals surface area contributed by atoms with Gasteiger partial charge in [-0.05, 0) is 63.2 Å². The zero-order valence-corrected chi connectivity index (χ0v) is 14.7. The molecule has 4 aliphatic carbocycles. The monoisotopic (exact) mass is 316 g/mol. The molecule has 0 aliphatic heterocycles. The van der Waals surface area contributed by atoms with Gasteiger partial charge in [0.25, 0.3) is 0 Å². The summed E-state index contributed by atoms with van der Waals surface area (Å²) >= 11 is 0. The highest BCUT2D eigenvalue weighted by molar-refractivity contribution is 5.87. The van der Waals surface area contributed by atoms with E-state index in [1.54, 1.807) is 6.92 Å². The van der Waals surface area contributed by atoms with Gasteiger partial charge in [0.05, 0.1) is 0 Å². The van der Waals surface area contributed by atoms with Crippen LogP contribution >= 0.6 is 0 Å². The number of ether oxygens (including phenoxy) is 1. The topological polar surface area (TPSA) is 26.3 Å². The number of hydrogen-bond donors (Lipinski definition) is 0. The predicted octanol–water partition coefficient (Wildman–Crippen LogP) is 5.27. The molecule has 4 rings (SSSR count). The largest absolute Gasteiger partial charge is 0.455 e. The first-order valence-electron chi connectivity index (χ1n) is 9.99. The number of carbonyl (C=O) groups excluding carboxylic acids is 1. The molecule has 128 valence electrons. The van der Waals surface area contributed by atoms with Crippen LogP contribution in [-0.4, -0.2) is 11.6 Å². The van der Waals surface area contributed by atoms with Crippen molar-refractivity contribution in [3.63, 3.8) is 0 Å². The summed E-state index contributed by atoms with van der Waals surface area (Å²) in [6.07, 6.45) is 14.6. The predicted molar refractivity (Wildman–Crippen MR) is 91.9 cm³/mol. The Morgan fingerprint density at radius 1 is 0.957 bits per heavy atom. The Labute approximate surface area is 141 Å². The minimum atomic E-state index is -0.148. The summed E-state index contributed by atoms with van der Waals surface area (Å²) in [7, 11) is 0. The Bertz CT molecular complexity index is 490. The van der Waals surface area contributed by atoms with E-state index < -0.39 is 0 Å². The van der Waals surface area contributed by atoms with Crippen molar-refractivity contribution in [1.82, 2.24) is 0 Å². The van der Waals surface area contributed by atoms with E-state index in [-0.39, 0.29) is 11.6 Å². The average Bonchev–Trinajstić information content (AvgIpc) is 3.30. The maximum Gasteiger partial charge on any atom is 0.333 e. The van der Waals surface area contributed by atoms with Crippen molar-refractivity contribution in [2.75, 3.05) is 0 Å². The highest BCUT2D eigenvalue weighted by Gasteiger charge is 2.59. The molecule has 0 radical (unpaired) electrons. The number of esters is 1. The molecule has 0 amide bonds. The summed E-state index contributed by atoms with van der Waals surface area (Å²) in [6, 6.07) is 0. The summed E-state index contributed by atoms with van der Waals surface area (Å²) in [6.45, 7) is 5.65. The van der Waals surface area contributed by atoms with Crippen LogP contribution in [0.1, 0.15) is 77.6 Å². The summed E-state index contributed by atoms with van der Waals surface area (Å²) in [5.41, 5.74) is 0.426. The Balaban J connectivity index is 1.65. The van der Waals surface area contributed by atoms with Crippen molar-refractivity contribution in [2.24, 2.45) is 29.6 Å². The SMILES string of the molecule is C=C(C)C(=O)OC1(C2CC3CCC2C3)CCCC1C1CCCC1. The minimum Gasteiger partial charge on any atom is -0.455 e. The molecule has 0 aromatic rings. The van der Waals surface area contributed by atoms with Crippen LogP contribution in [-0.2, 0) is 9.53 Å². The smallest absolute Gasteiger partial charge is 0.333 e. The first kappa shape index (κ1) is 15.7. The average molecular weight is 316 g/mol. The summed E-state index contributed by atoms with van der Waals surface area (Å²) in [4.78, 5) is 12.5. The van der Waals surface area contributed by atoms with E-state index >= 15 is 0 Å². The lowest BCUT2D eigenvalue weighted by Crippen LogP contribution is -2.50. The van der Waals surface area contributed by atoms with Crippen LogP contribution in [0.2, 0.25) is 0 Å². The van der Waals surface area contributed by atoms with E-state index in [1.165, 1.54) is 64.2 Å². The third kappa shape index (κ3) is 2.57. The van der Waals surface area contributed by atoms with Gasteiger partial charge < -0.3 is 4.74 Å². The Morgan fingerprint density at radius 3 is 2.35 bits per heavy atom. The van der Waals surface area contributed by atoms with E-state index in [0.29, 0.717) is 17.4 Å². The standard InChI is InChI=1S/C21H32O2/c1-14(2)20(22)23-21(19-13-15-9-10-17(19)12-15)11-5-8-18(21)16-6-3-4-7-16/h15-19H,1,3-13H2,2H3. The molecule has 5 atom stereocenters. The highest BCUT2D eigenvalue weighted by Crippen LogP contribution is 2.61. The second-order valence-corrected chi connectivity index (χ2v) is 8.95. The molecule has 2 nitrogen and oxygen atoms in total. The van der Waals surface area contributed by atoms with Crippen LogP contribution in [0.5, 0.6) is 0 Å². The van der Waals surface area contributed by atoms with Crippen molar-refractivity contribution < 1.29 is 9.53 Å². The molecule has 0 aromatic heterocycles. The van der Waals surface area contributed by atoms with Crippen molar-refractivity contribution in [2.45, 2.75) is 83.2 Å². The Morgan fingerprint density at radius 2 is 1.74 bits per heavy atom. The third-order valence-electron chi connectivity index (χ3n) is 7.68. The molecule has 23 heavy (non-hydrogen) atoms. The van der Waals surface area contributed by atoms with Gasteiger partial charge in [0.15, 0.2) is 0 Å². The fourth-order valence-corrected chi connectivity index (χ4v) is 6.79. The molecule has 0 N–H and O–H groups in total. The van der Waals surface area contributed by atoms with Crippen LogP contribution < -0.4 is 0 Å². The normalized spacial score (nSPS) is 43.2. The van der Waals surface area contributed by atoms with Crippen LogP contribution in [0.4, 0.5) is 0 Å². The van der Waals surface area contributed by atoms with Gasteiger partial charge in [0, 0.05) is 17.4 Å². The first-order valence-corrected chi connectivity index (χ1v) is 9.99. The quantitative estimate of drug-likeness (QED) is 0.521. The lowest BCUT2D eigenvalue weighted by Gasteiger charge is -2.46. The molecule has 4 aliphatic rings. The van der Waals surface area contributed by atoms with Crippen molar-refractivity contribution in [1.29, 1.82) is 0 Å². The van der Waals surface area contributed by atoms with Gasteiger partial charge in [-0.1, -0.05) is 38.7 Å². The molecule has 0 aromatic carbocycles. The molecule has 2 heteroatoms. The van der Waals surface area contributed by atoms with Gasteiger partial charge in [-0.2, -0.15) is 0 Å². The van der Waals surface area contributed by atoms with E-state index in [1.807, 2.05) is 0 Å². The van der Waals surface area contributed by atoms with Gasteiger partial charge in [-0.25, -0.2) is 4.79 Å². The van der Waals surface area contributed by atoms with Crippen LogP contribution in [0.3, 0.4) is 0 Å². The molecular formula is C21H32O2. The second kappa shape index (κ2) is 5.93. The van der Waals surface area contributed by atoms with Crippen molar-refractivity contribution in [3.8, 4) is 0 Å². The zero-order valence-electron chi connectivity index (χ0n) is 14.7. The molecule has 0 spiro atoms. The summed E-state index contributed by atoms with van der Waals surface area (Å²) in [5, 5.41) is 0. The van der Waals surface area contributed by atoms with Gasteiger partial charge in [-0.15, -0.1) is 0 Å². The number of rotatable bonds is 4. The maximum atomic E-state index is 12.5. The molecule has 4 fully saturated rings. The van der Waals surface area contributed by atoms with Gasteiger partial charge in [-0.3, -0.25) is 0 Å². The fraction of sp³-hybridized carbons (Fsp3) is 0.857. The minimum absolute atomic E-state index is 0.127. The Kier molecular flexibility index (Phi) is 4.06. The first-order chi connectivity index (χ1) is 11.1. The van der Waals surface area contributed by atoms with Crippen LogP contribution in [0.25, 0.3) is 0 Å². The van der Waals surface area contributed by atoms with E-state index in [9.17, 15) is 4.79 Å². The van der Waals surface area contributed by atoms with Gasteiger partial charge in [0.1, 0.15) is 5.60 Å². The summed E-state index contributed by atoms with van der Waals surface area (Å²) in [5.74, 6) is 3.66. The number of fused-ring (bicyclic) bond motifs is 2. The lowest BCUT2D eigenvalue weighted by atomic mass is 9.67. The van der Waals surface area contributed by atoms with Crippen LogP contribution in [0.15, 0.2) is 12.2 Å². The second-order valence-electron chi connectivity index (χ2n) is 8.95. The molecule has 0 heterocycles. The fourth-order valence-electron chi connectivity index (χ4n) is 6.79.